The molecule has 126 valence electrons. The first-order chi connectivity index (χ1) is 11.3. The highest BCUT2D eigenvalue weighted by Gasteiger charge is 2.26. The summed E-state index contributed by atoms with van der Waals surface area (Å²) in [5, 5.41) is 3.34. The number of likely N-dealkylation sites (N-methyl/N-ethyl adjacent to an activating group) is 1. The van der Waals surface area contributed by atoms with Crippen LogP contribution in [0.15, 0.2) is 24.3 Å². The fourth-order valence-electron chi connectivity index (χ4n) is 3.27. The minimum atomic E-state index is -0.0955. The molecule has 23 heavy (non-hydrogen) atoms. The first-order valence-corrected chi connectivity index (χ1v) is 8.63. The van der Waals surface area contributed by atoms with Crippen LogP contribution in [-0.4, -0.2) is 49.7 Å². The number of nitrogens with zero attached hydrogens (tertiary/aromatic N) is 1. The minimum Gasteiger partial charge on any atom is -0.486 e. The summed E-state index contributed by atoms with van der Waals surface area (Å²) in [5.41, 5.74) is 0. The van der Waals surface area contributed by atoms with Crippen molar-refractivity contribution in [1.29, 1.82) is 0 Å². The highest BCUT2D eigenvalue weighted by molar-refractivity contribution is 5.76. The van der Waals surface area contributed by atoms with Crippen LogP contribution >= 0.6 is 0 Å². The van der Waals surface area contributed by atoms with E-state index in [0.717, 1.165) is 37.4 Å². The van der Waals surface area contributed by atoms with Crippen molar-refractivity contribution in [2.24, 2.45) is 5.92 Å². The summed E-state index contributed by atoms with van der Waals surface area (Å²) < 4.78 is 11.7. The van der Waals surface area contributed by atoms with Gasteiger partial charge in [-0.25, -0.2) is 0 Å². The SMILES string of the molecule is CCN(CC1COc2ccccc2O1)C(=O)CC1CCNCC1. The number of amides is 1. The number of fused-ring (bicyclic) bond motifs is 1. The summed E-state index contributed by atoms with van der Waals surface area (Å²) in [4.78, 5) is 14.5. The summed E-state index contributed by atoms with van der Waals surface area (Å²) in [6, 6.07) is 7.69. The Morgan fingerprint density at radius 1 is 1.26 bits per heavy atom. The molecule has 1 fully saturated rings. The third-order valence-corrected chi connectivity index (χ3v) is 4.65. The molecule has 0 radical (unpaired) electrons. The summed E-state index contributed by atoms with van der Waals surface area (Å²) in [5.74, 6) is 2.31. The first kappa shape index (κ1) is 16.1. The molecule has 0 saturated carbocycles. The number of hydrogen-bond acceptors (Lipinski definition) is 4. The van der Waals surface area contributed by atoms with E-state index >= 15 is 0 Å². The molecule has 2 aliphatic heterocycles. The van der Waals surface area contributed by atoms with Crippen LogP contribution in [0, 0.1) is 5.92 Å². The molecule has 2 aliphatic rings. The average molecular weight is 318 g/mol. The van der Waals surface area contributed by atoms with Crippen molar-refractivity contribution in [3.05, 3.63) is 24.3 Å². The summed E-state index contributed by atoms with van der Waals surface area (Å²) in [6.45, 7) is 5.88. The Kier molecular flexibility index (Phi) is 5.39. The van der Waals surface area contributed by atoms with Crippen molar-refractivity contribution in [3.63, 3.8) is 0 Å². The molecule has 0 spiro atoms. The van der Waals surface area contributed by atoms with Gasteiger partial charge in [0.1, 0.15) is 6.61 Å². The Morgan fingerprint density at radius 2 is 2.00 bits per heavy atom. The molecule has 1 unspecified atom stereocenters. The Labute approximate surface area is 137 Å². The molecule has 1 N–H and O–H groups in total. The summed E-state index contributed by atoms with van der Waals surface area (Å²) in [6.07, 6.45) is 2.75. The normalized spacial score (nSPS) is 21.0. The van der Waals surface area contributed by atoms with Crippen LogP contribution in [0.1, 0.15) is 26.2 Å². The largest absolute Gasteiger partial charge is 0.486 e. The van der Waals surface area contributed by atoms with Crippen LogP contribution in [0.2, 0.25) is 0 Å². The third kappa shape index (κ3) is 4.16. The molecule has 1 aromatic rings. The number of piperidine rings is 1. The standard InChI is InChI=1S/C18H26N2O3/c1-2-20(18(21)11-14-7-9-19-10-8-14)12-15-13-22-16-5-3-4-6-17(16)23-15/h3-6,14-15,19H,2,7-13H2,1H3. The van der Waals surface area contributed by atoms with Crippen LogP contribution in [-0.2, 0) is 4.79 Å². The van der Waals surface area contributed by atoms with Crippen molar-refractivity contribution in [2.75, 3.05) is 32.8 Å². The molecule has 0 aromatic heterocycles. The second-order valence-electron chi connectivity index (χ2n) is 6.33. The predicted molar refractivity (Wildman–Crippen MR) is 88.8 cm³/mol. The first-order valence-electron chi connectivity index (χ1n) is 8.63. The van der Waals surface area contributed by atoms with Gasteiger partial charge in [-0.1, -0.05) is 12.1 Å². The van der Waals surface area contributed by atoms with Gasteiger partial charge in [-0.3, -0.25) is 4.79 Å². The predicted octanol–water partition coefficient (Wildman–Crippen LogP) is 2.06. The molecule has 1 aromatic carbocycles. The number of hydrogen-bond donors (Lipinski definition) is 1. The molecule has 2 heterocycles. The Bertz CT molecular complexity index is 529. The van der Waals surface area contributed by atoms with E-state index in [1.54, 1.807) is 0 Å². The molecule has 1 atom stereocenters. The van der Waals surface area contributed by atoms with E-state index in [0.29, 0.717) is 32.0 Å². The average Bonchev–Trinajstić information content (AvgIpc) is 2.60. The van der Waals surface area contributed by atoms with E-state index in [1.807, 2.05) is 36.1 Å². The van der Waals surface area contributed by atoms with Crippen LogP contribution < -0.4 is 14.8 Å². The highest BCUT2D eigenvalue weighted by Crippen LogP contribution is 2.31. The Balaban J connectivity index is 1.54. The van der Waals surface area contributed by atoms with Crippen LogP contribution in [0.5, 0.6) is 11.5 Å². The molecule has 0 bridgehead atoms. The second kappa shape index (κ2) is 7.68. The number of para-hydroxylation sites is 2. The second-order valence-corrected chi connectivity index (χ2v) is 6.33. The van der Waals surface area contributed by atoms with Crippen molar-refractivity contribution in [3.8, 4) is 11.5 Å². The molecular weight excluding hydrogens is 292 g/mol. The van der Waals surface area contributed by atoms with Gasteiger partial charge in [0, 0.05) is 13.0 Å². The van der Waals surface area contributed by atoms with E-state index in [2.05, 4.69) is 5.32 Å². The Hall–Kier alpha value is -1.75. The number of rotatable bonds is 5. The highest BCUT2D eigenvalue weighted by atomic mass is 16.6. The van der Waals surface area contributed by atoms with Crippen LogP contribution in [0.4, 0.5) is 0 Å². The van der Waals surface area contributed by atoms with Gasteiger partial charge in [-0.15, -0.1) is 0 Å². The van der Waals surface area contributed by atoms with Gasteiger partial charge >= 0.3 is 0 Å². The molecule has 5 heteroatoms. The lowest BCUT2D eigenvalue weighted by Crippen LogP contribution is -2.44. The number of nitrogens with one attached hydrogen (secondary N) is 1. The van der Waals surface area contributed by atoms with Gasteiger partial charge in [0.15, 0.2) is 17.6 Å². The quantitative estimate of drug-likeness (QED) is 0.903. The van der Waals surface area contributed by atoms with Gasteiger partial charge in [-0.2, -0.15) is 0 Å². The monoisotopic (exact) mass is 318 g/mol. The smallest absolute Gasteiger partial charge is 0.222 e. The van der Waals surface area contributed by atoms with Crippen LogP contribution in [0.25, 0.3) is 0 Å². The van der Waals surface area contributed by atoms with Crippen molar-refractivity contribution < 1.29 is 14.3 Å². The fraction of sp³-hybridized carbons (Fsp3) is 0.611. The lowest BCUT2D eigenvalue weighted by molar-refractivity contribution is -0.133. The molecule has 0 aliphatic carbocycles. The van der Waals surface area contributed by atoms with E-state index in [9.17, 15) is 4.79 Å². The zero-order valence-electron chi connectivity index (χ0n) is 13.8. The zero-order chi connectivity index (χ0) is 16.1. The topological polar surface area (TPSA) is 50.8 Å². The number of carbonyl (C=O) groups excluding carboxylic acids is 1. The number of carbonyl (C=O) groups is 1. The Morgan fingerprint density at radius 3 is 2.74 bits per heavy atom. The van der Waals surface area contributed by atoms with Crippen molar-refractivity contribution >= 4 is 5.91 Å². The molecule has 3 rings (SSSR count). The minimum absolute atomic E-state index is 0.0955. The van der Waals surface area contributed by atoms with E-state index in [1.165, 1.54) is 0 Å². The fourth-order valence-corrected chi connectivity index (χ4v) is 3.27. The van der Waals surface area contributed by atoms with E-state index in [4.69, 9.17) is 9.47 Å². The number of benzene rings is 1. The van der Waals surface area contributed by atoms with Gasteiger partial charge in [0.05, 0.1) is 6.54 Å². The maximum atomic E-state index is 12.6. The lowest BCUT2D eigenvalue weighted by atomic mass is 9.94. The van der Waals surface area contributed by atoms with E-state index in [-0.39, 0.29) is 12.0 Å². The molecule has 1 saturated heterocycles. The van der Waals surface area contributed by atoms with Crippen molar-refractivity contribution in [2.45, 2.75) is 32.3 Å². The lowest BCUT2D eigenvalue weighted by Gasteiger charge is -2.32. The van der Waals surface area contributed by atoms with Gasteiger partial charge in [-0.05, 0) is 50.9 Å². The number of ether oxygens (including phenoxy) is 2. The zero-order valence-corrected chi connectivity index (χ0v) is 13.8. The van der Waals surface area contributed by atoms with Crippen molar-refractivity contribution in [1.82, 2.24) is 10.2 Å². The van der Waals surface area contributed by atoms with Gasteiger partial charge < -0.3 is 19.7 Å². The molecule has 5 nitrogen and oxygen atoms in total. The molecule has 1 amide bonds. The maximum absolute atomic E-state index is 12.6. The van der Waals surface area contributed by atoms with Gasteiger partial charge in [0.25, 0.3) is 0 Å². The van der Waals surface area contributed by atoms with Crippen LogP contribution in [0.3, 0.4) is 0 Å². The maximum Gasteiger partial charge on any atom is 0.222 e. The summed E-state index contributed by atoms with van der Waals surface area (Å²) in [7, 11) is 0. The van der Waals surface area contributed by atoms with Gasteiger partial charge in [0.2, 0.25) is 5.91 Å². The summed E-state index contributed by atoms with van der Waals surface area (Å²) >= 11 is 0. The molecular formula is C18H26N2O3. The van der Waals surface area contributed by atoms with E-state index < -0.39 is 0 Å². The third-order valence-electron chi connectivity index (χ3n) is 4.65.